The first-order chi connectivity index (χ1) is 16.9. The average Bonchev–Trinajstić information content (AvgIpc) is 3.54. The zero-order valence-electron chi connectivity index (χ0n) is 19.5. The van der Waals surface area contributed by atoms with Crippen molar-refractivity contribution in [3.63, 3.8) is 0 Å². The van der Waals surface area contributed by atoms with Crippen LogP contribution in [0.2, 0.25) is 0 Å². The molecule has 11 nitrogen and oxygen atoms in total. The third-order valence-electron chi connectivity index (χ3n) is 7.64. The molecule has 3 amide bonds. The molecule has 0 bridgehead atoms. The molecule has 2 fully saturated rings. The van der Waals surface area contributed by atoms with E-state index in [0.717, 1.165) is 37.7 Å². The van der Waals surface area contributed by atoms with Gasteiger partial charge < -0.3 is 20.9 Å². The smallest absolute Gasteiger partial charge is 0.276 e. The number of aromatic nitrogens is 3. The fourth-order valence-electron chi connectivity index (χ4n) is 5.92. The third kappa shape index (κ3) is 3.40. The van der Waals surface area contributed by atoms with Crippen molar-refractivity contribution in [3.05, 3.63) is 45.3 Å². The molecule has 1 aliphatic carbocycles. The molecule has 3 N–H and O–H groups in total. The molecule has 0 aromatic carbocycles. The Morgan fingerprint density at radius 1 is 1.14 bits per heavy atom. The minimum atomic E-state index is -0.674. The van der Waals surface area contributed by atoms with Gasteiger partial charge >= 0.3 is 0 Å². The van der Waals surface area contributed by atoms with E-state index in [0.29, 0.717) is 54.4 Å². The van der Waals surface area contributed by atoms with Gasteiger partial charge in [0.15, 0.2) is 0 Å². The van der Waals surface area contributed by atoms with E-state index in [1.807, 2.05) is 6.92 Å². The van der Waals surface area contributed by atoms with Gasteiger partial charge in [-0.2, -0.15) is 0 Å². The number of pyridine rings is 1. The van der Waals surface area contributed by atoms with E-state index in [-0.39, 0.29) is 23.3 Å². The molecule has 1 saturated heterocycles. The Labute approximate surface area is 201 Å². The highest BCUT2D eigenvalue weighted by Gasteiger charge is 2.45. The fourth-order valence-corrected chi connectivity index (χ4v) is 5.92. The maximum atomic E-state index is 13.7. The first kappa shape index (κ1) is 21.8. The lowest BCUT2D eigenvalue weighted by atomic mass is 9.89. The van der Waals surface area contributed by atoms with Crippen LogP contribution in [0.1, 0.15) is 72.3 Å². The van der Waals surface area contributed by atoms with Gasteiger partial charge in [0.05, 0.1) is 18.8 Å². The van der Waals surface area contributed by atoms with Gasteiger partial charge in [-0.25, -0.2) is 9.97 Å². The zero-order chi connectivity index (χ0) is 24.3. The van der Waals surface area contributed by atoms with Crippen molar-refractivity contribution in [1.29, 1.82) is 0 Å². The second-order valence-corrected chi connectivity index (χ2v) is 9.90. The van der Waals surface area contributed by atoms with E-state index >= 15 is 0 Å². The number of hydrogen-bond acceptors (Lipinski definition) is 7. The quantitative estimate of drug-likeness (QED) is 0.603. The third-order valence-corrected chi connectivity index (χ3v) is 7.64. The monoisotopic (exact) mass is 477 g/mol. The summed E-state index contributed by atoms with van der Waals surface area (Å²) in [4.78, 5) is 61.3. The molecule has 4 aliphatic rings. The molecule has 2 aromatic heterocycles. The van der Waals surface area contributed by atoms with Crippen molar-refractivity contribution in [3.8, 4) is 0 Å². The molecule has 6 rings (SSSR count). The number of carbonyl (C=O) groups is 3. The second kappa shape index (κ2) is 7.89. The van der Waals surface area contributed by atoms with Crippen LogP contribution in [0.5, 0.6) is 0 Å². The molecular formula is C24H27N7O4. The Hall–Kier alpha value is -3.76. The minimum Gasteiger partial charge on any atom is -0.344 e. The largest absolute Gasteiger partial charge is 0.344 e. The Morgan fingerprint density at radius 3 is 2.69 bits per heavy atom. The van der Waals surface area contributed by atoms with Crippen molar-refractivity contribution in [2.75, 3.05) is 5.32 Å². The summed E-state index contributed by atoms with van der Waals surface area (Å²) in [7, 11) is 0. The van der Waals surface area contributed by atoms with Crippen LogP contribution in [0.25, 0.3) is 0 Å². The average molecular weight is 478 g/mol. The molecule has 35 heavy (non-hydrogen) atoms. The van der Waals surface area contributed by atoms with Gasteiger partial charge in [-0.3, -0.25) is 23.7 Å². The lowest BCUT2D eigenvalue weighted by Crippen LogP contribution is -2.48. The molecule has 0 radical (unpaired) electrons. The molecule has 1 saturated carbocycles. The molecule has 0 unspecified atom stereocenters. The Kier molecular flexibility index (Phi) is 4.90. The van der Waals surface area contributed by atoms with Crippen LogP contribution < -0.4 is 21.5 Å². The van der Waals surface area contributed by atoms with Crippen molar-refractivity contribution in [1.82, 2.24) is 30.1 Å². The van der Waals surface area contributed by atoms with Gasteiger partial charge in [0.2, 0.25) is 11.8 Å². The summed E-state index contributed by atoms with van der Waals surface area (Å²) in [6, 6.07) is 1.18. The molecule has 1 spiro atoms. The van der Waals surface area contributed by atoms with Crippen LogP contribution in [-0.4, -0.2) is 43.2 Å². The molecule has 1 atom stereocenters. The van der Waals surface area contributed by atoms with Crippen molar-refractivity contribution in [2.45, 2.75) is 76.7 Å². The van der Waals surface area contributed by atoms with E-state index in [2.05, 4.69) is 25.9 Å². The first-order valence-electron chi connectivity index (χ1n) is 12.1. The predicted molar refractivity (Wildman–Crippen MR) is 125 cm³/mol. The summed E-state index contributed by atoms with van der Waals surface area (Å²) in [5.41, 5.74) is 1.98. The highest BCUT2D eigenvalue weighted by atomic mass is 16.2. The standard InChI is InChI=1S/C24H27N7O4/c1-13-9-16(23(35)31-19(13)21(33)29-24(31)7-3-2-4-8-24)28-20-14-10-30(11-17(14)25-12-26-20)22(34)15-5-6-18(32)27-15/h9,12,15H,2-8,10-11H2,1H3,(H,27,32)(H,29,33)(H,25,26,28)/t15-/m0/s1. The summed E-state index contributed by atoms with van der Waals surface area (Å²) in [6.07, 6.45) is 6.70. The lowest BCUT2D eigenvalue weighted by Gasteiger charge is -2.35. The lowest BCUT2D eigenvalue weighted by molar-refractivity contribution is -0.134. The summed E-state index contributed by atoms with van der Waals surface area (Å²) < 4.78 is 1.65. The number of amides is 3. The van der Waals surface area contributed by atoms with Gasteiger partial charge in [0.25, 0.3) is 11.5 Å². The van der Waals surface area contributed by atoms with Crippen LogP contribution in [0.3, 0.4) is 0 Å². The highest BCUT2D eigenvalue weighted by Crippen LogP contribution is 2.38. The SMILES string of the molecule is Cc1cc(Nc2ncnc3c2CN(C(=O)[C@@H]2CCC(=O)N2)C3)c(=O)n2c1C(=O)NC21CCCCC1. The minimum absolute atomic E-state index is 0.113. The van der Waals surface area contributed by atoms with Gasteiger partial charge in [0.1, 0.15) is 35.2 Å². The maximum absolute atomic E-state index is 13.7. The van der Waals surface area contributed by atoms with Crippen LogP contribution in [0.4, 0.5) is 11.5 Å². The van der Waals surface area contributed by atoms with Crippen LogP contribution in [0.15, 0.2) is 17.2 Å². The van der Waals surface area contributed by atoms with Crippen molar-refractivity contribution in [2.24, 2.45) is 0 Å². The van der Waals surface area contributed by atoms with Gasteiger partial charge in [-0.15, -0.1) is 0 Å². The predicted octanol–water partition coefficient (Wildman–Crippen LogP) is 1.17. The van der Waals surface area contributed by atoms with Crippen molar-refractivity contribution >= 4 is 29.2 Å². The number of nitrogens with one attached hydrogen (secondary N) is 3. The number of hydrogen-bond donors (Lipinski definition) is 3. The molecular weight excluding hydrogens is 450 g/mol. The van der Waals surface area contributed by atoms with Gasteiger partial charge in [-0.1, -0.05) is 6.42 Å². The normalized spacial score (nSPS) is 22.1. The number of fused-ring (bicyclic) bond motifs is 3. The number of rotatable bonds is 3. The number of aryl methyl sites for hydroxylation is 1. The Morgan fingerprint density at radius 2 is 1.94 bits per heavy atom. The Bertz CT molecular complexity index is 1330. The van der Waals surface area contributed by atoms with Crippen LogP contribution in [0, 0.1) is 6.92 Å². The summed E-state index contributed by atoms with van der Waals surface area (Å²) >= 11 is 0. The van der Waals surface area contributed by atoms with E-state index in [1.54, 1.807) is 15.5 Å². The Balaban J connectivity index is 1.32. The van der Waals surface area contributed by atoms with E-state index in [4.69, 9.17) is 0 Å². The van der Waals surface area contributed by atoms with E-state index < -0.39 is 11.7 Å². The topological polar surface area (TPSA) is 138 Å². The summed E-state index contributed by atoms with van der Waals surface area (Å²) in [5, 5.41) is 9.00. The van der Waals surface area contributed by atoms with Gasteiger partial charge in [-0.05, 0) is 50.7 Å². The first-order valence-corrected chi connectivity index (χ1v) is 12.1. The summed E-state index contributed by atoms with van der Waals surface area (Å²) in [5.74, 6) is 0.00682. The van der Waals surface area contributed by atoms with E-state index in [1.165, 1.54) is 6.33 Å². The summed E-state index contributed by atoms with van der Waals surface area (Å²) in [6.45, 7) is 2.44. The maximum Gasteiger partial charge on any atom is 0.276 e. The molecule has 2 aromatic rings. The second-order valence-electron chi connectivity index (χ2n) is 9.90. The number of anilines is 2. The van der Waals surface area contributed by atoms with Crippen LogP contribution in [-0.2, 0) is 28.3 Å². The zero-order valence-corrected chi connectivity index (χ0v) is 19.5. The van der Waals surface area contributed by atoms with Gasteiger partial charge in [0, 0.05) is 12.0 Å². The highest BCUT2D eigenvalue weighted by molar-refractivity contribution is 5.97. The van der Waals surface area contributed by atoms with Crippen LogP contribution >= 0.6 is 0 Å². The number of nitrogens with zero attached hydrogens (tertiary/aromatic N) is 4. The van der Waals surface area contributed by atoms with E-state index in [9.17, 15) is 19.2 Å². The molecule has 5 heterocycles. The van der Waals surface area contributed by atoms with Crippen molar-refractivity contribution < 1.29 is 14.4 Å². The number of carbonyl (C=O) groups excluding carboxylic acids is 3. The fraction of sp³-hybridized carbons (Fsp3) is 0.500. The molecule has 11 heteroatoms. The molecule has 3 aliphatic heterocycles. The molecule has 182 valence electrons.